The maximum Gasteiger partial charge on any atom is 0.406 e. The molecular weight excluding hydrogens is 167 g/mol. The normalized spacial score (nSPS) is 31.0. The summed E-state index contributed by atoms with van der Waals surface area (Å²) in [6.07, 6.45) is -2.42. The molecule has 0 bridgehead atoms. The van der Waals surface area contributed by atoms with Crippen LogP contribution in [0.2, 0.25) is 0 Å². The molecule has 72 valence electrons. The van der Waals surface area contributed by atoms with Crippen molar-refractivity contribution in [2.75, 3.05) is 6.54 Å². The molecule has 4 heteroatoms. The van der Waals surface area contributed by atoms with Gasteiger partial charge >= 0.3 is 6.18 Å². The average Bonchev–Trinajstić information content (AvgIpc) is 2.36. The minimum absolute atomic E-state index is 0.205. The van der Waals surface area contributed by atoms with E-state index in [0.29, 0.717) is 19.4 Å². The average molecular weight is 181 g/mol. The lowest BCUT2D eigenvalue weighted by atomic mass is 9.91. The molecule has 1 heterocycles. The second-order valence-electron chi connectivity index (χ2n) is 3.36. The van der Waals surface area contributed by atoms with E-state index in [9.17, 15) is 13.2 Å². The summed E-state index contributed by atoms with van der Waals surface area (Å²) < 4.78 is 37.6. The molecule has 1 nitrogen and oxygen atoms in total. The van der Waals surface area contributed by atoms with Gasteiger partial charge in [0.25, 0.3) is 0 Å². The Bertz CT molecular complexity index is 147. The van der Waals surface area contributed by atoms with E-state index in [1.54, 1.807) is 6.92 Å². The van der Waals surface area contributed by atoms with Crippen LogP contribution in [0.15, 0.2) is 0 Å². The van der Waals surface area contributed by atoms with Crippen molar-refractivity contribution in [2.24, 2.45) is 0 Å². The summed E-state index contributed by atoms with van der Waals surface area (Å²) in [6, 6.07) is 0. The smallest absolute Gasteiger partial charge is 0.304 e. The predicted molar refractivity (Wildman–Crippen MR) is 40.9 cm³/mol. The Kier molecular flexibility index (Phi) is 2.66. The van der Waals surface area contributed by atoms with Gasteiger partial charge in [0.2, 0.25) is 0 Å². The highest BCUT2D eigenvalue weighted by Gasteiger charge is 2.54. The Hall–Kier alpha value is -0.250. The lowest BCUT2D eigenvalue weighted by Crippen LogP contribution is -2.52. The van der Waals surface area contributed by atoms with Crippen LogP contribution in [-0.4, -0.2) is 18.3 Å². The van der Waals surface area contributed by atoms with E-state index in [2.05, 4.69) is 5.32 Å². The molecular formula is C8H14F3N. The molecule has 0 aromatic heterocycles. The lowest BCUT2D eigenvalue weighted by Gasteiger charge is -2.31. The maximum absolute atomic E-state index is 12.5. The van der Waals surface area contributed by atoms with Crippen LogP contribution in [0.3, 0.4) is 0 Å². The summed E-state index contributed by atoms with van der Waals surface area (Å²) in [6.45, 7) is 2.28. The summed E-state index contributed by atoms with van der Waals surface area (Å²) in [5.74, 6) is 0. The van der Waals surface area contributed by atoms with Gasteiger partial charge in [-0.1, -0.05) is 13.3 Å². The molecule has 0 saturated carbocycles. The molecule has 1 fully saturated rings. The van der Waals surface area contributed by atoms with Crippen molar-refractivity contribution >= 4 is 0 Å². The summed E-state index contributed by atoms with van der Waals surface area (Å²) in [4.78, 5) is 0. The third-order valence-electron chi connectivity index (χ3n) is 2.46. The summed E-state index contributed by atoms with van der Waals surface area (Å²) in [5.41, 5.74) is -1.57. The number of alkyl halides is 3. The van der Waals surface area contributed by atoms with Gasteiger partial charge in [0, 0.05) is 0 Å². The van der Waals surface area contributed by atoms with Crippen molar-refractivity contribution in [3.05, 3.63) is 0 Å². The molecule has 1 rings (SSSR count). The number of halogens is 3. The fourth-order valence-corrected chi connectivity index (χ4v) is 1.83. The fourth-order valence-electron chi connectivity index (χ4n) is 1.83. The Labute approximate surface area is 70.3 Å². The third kappa shape index (κ3) is 1.58. The van der Waals surface area contributed by atoms with Gasteiger partial charge < -0.3 is 5.32 Å². The van der Waals surface area contributed by atoms with Crippen molar-refractivity contribution in [1.82, 2.24) is 5.32 Å². The molecule has 1 aliphatic heterocycles. The Morgan fingerprint density at radius 2 is 2.08 bits per heavy atom. The van der Waals surface area contributed by atoms with E-state index < -0.39 is 11.7 Å². The SMILES string of the molecule is CCC[C@]1(C(F)(F)F)CCCN1. The standard InChI is InChI=1S/C8H14F3N/c1-2-4-7(8(9,10)11)5-3-6-12-7/h12H,2-6H2,1H3/t7-/m1/s1. The first-order valence-corrected chi connectivity index (χ1v) is 4.33. The van der Waals surface area contributed by atoms with Gasteiger partial charge in [-0.15, -0.1) is 0 Å². The summed E-state index contributed by atoms with van der Waals surface area (Å²) >= 11 is 0. The minimum atomic E-state index is -4.08. The Morgan fingerprint density at radius 1 is 1.42 bits per heavy atom. The highest BCUT2D eigenvalue weighted by molar-refractivity contribution is 4.98. The molecule has 12 heavy (non-hydrogen) atoms. The molecule has 0 amide bonds. The molecule has 0 spiro atoms. The lowest BCUT2D eigenvalue weighted by molar-refractivity contribution is -0.194. The van der Waals surface area contributed by atoms with E-state index in [0.717, 1.165) is 0 Å². The number of hydrogen-bond acceptors (Lipinski definition) is 1. The van der Waals surface area contributed by atoms with Gasteiger partial charge in [0.1, 0.15) is 5.54 Å². The summed E-state index contributed by atoms with van der Waals surface area (Å²) in [5, 5.41) is 2.59. The maximum atomic E-state index is 12.5. The van der Waals surface area contributed by atoms with Crippen LogP contribution in [0.25, 0.3) is 0 Å². The van der Waals surface area contributed by atoms with Crippen LogP contribution in [0, 0.1) is 0 Å². The third-order valence-corrected chi connectivity index (χ3v) is 2.46. The van der Waals surface area contributed by atoms with E-state index in [-0.39, 0.29) is 12.8 Å². The van der Waals surface area contributed by atoms with E-state index in [4.69, 9.17) is 0 Å². The largest absolute Gasteiger partial charge is 0.406 e. The molecule has 0 aliphatic carbocycles. The summed E-state index contributed by atoms with van der Waals surface area (Å²) in [7, 11) is 0. The second-order valence-corrected chi connectivity index (χ2v) is 3.36. The minimum Gasteiger partial charge on any atom is -0.304 e. The molecule has 0 unspecified atom stereocenters. The van der Waals surface area contributed by atoms with Gasteiger partial charge in [-0.05, 0) is 25.8 Å². The monoisotopic (exact) mass is 181 g/mol. The highest BCUT2D eigenvalue weighted by atomic mass is 19.4. The molecule has 0 aromatic rings. The first-order chi connectivity index (χ1) is 5.52. The van der Waals surface area contributed by atoms with Gasteiger partial charge in [-0.2, -0.15) is 13.2 Å². The molecule has 1 N–H and O–H groups in total. The van der Waals surface area contributed by atoms with Crippen molar-refractivity contribution in [3.8, 4) is 0 Å². The zero-order chi connectivity index (χ0) is 9.24. The number of hydrogen-bond donors (Lipinski definition) is 1. The zero-order valence-corrected chi connectivity index (χ0v) is 7.17. The molecule has 1 saturated heterocycles. The molecule has 0 aromatic carbocycles. The molecule has 0 radical (unpaired) electrons. The molecule has 1 atom stereocenters. The van der Waals surface area contributed by atoms with Crippen molar-refractivity contribution in [3.63, 3.8) is 0 Å². The van der Waals surface area contributed by atoms with Crippen molar-refractivity contribution in [2.45, 2.75) is 44.3 Å². The van der Waals surface area contributed by atoms with E-state index >= 15 is 0 Å². The van der Waals surface area contributed by atoms with Crippen molar-refractivity contribution in [1.29, 1.82) is 0 Å². The van der Waals surface area contributed by atoms with Gasteiger partial charge in [0.05, 0.1) is 0 Å². The Balaban J connectivity index is 2.72. The van der Waals surface area contributed by atoms with Crippen LogP contribution >= 0.6 is 0 Å². The van der Waals surface area contributed by atoms with Gasteiger partial charge in [0.15, 0.2) is 0 Å². The Morgan fingerprint density at radius 3 is 2.42 bits per heavy atom. The topological polar surface area (TPSA) is 12.0 Å². The van der Waals surface area contributed by atoms with Gasteiger partial charge in [-0.3, -0.25) is 0 Å². The van der Waals surface area contributed by atoms with Crippen LogP contribution in [-0.2, 0) is 0 Å². The highest BCUT2D eigenvalue weighted by Crippen LogP contribution is 2.40. The second kappa shape index (κ2) is 3.24. The number of rotatable bonds is 2. The van der Waals surface area contributed by atoms with Crippen LogP contribution in [0.5, 0.6) is 0 Å². The first-order valence-electron chi connectivity index (χ1n) is 4.33. The van der Waals surface area contributed by atoms with E-state index in [1.165, 1.54) is 0 Å². The zero-order valence-electron chi connectivity index (χ0n) is 7.17. The van der Waals surface area contributed by atoms with Crippen LogP contribution in [0.4, 0.5) is 13.2 Å². The predicted octanol–water partition coefficient (Wildman–Crippen LogP) is 2.47. The molecule has 1 aliphatic rings. The number of nitrogens with one attached hydrogen (secondary N) is 1. The van der Waals surface area contributed by atoms with E-state index in [1.807, 2.05) is 0 Å². The van der Waals surface area contributed by atoms with Crippen molar-refractivity contribution < 1.29 is 13.2 Å². The fraction of sp³-hybridized carbons (Fsp3) is 1.00. The van der Waals surface area contributed by atoms with Gasteiger partial charge in [-0.25, -0.2) is 0 Å². The van der Waals surface area contributed by atoms with Crippen LogP contribution in [0.1, 0.15) is 32.6 Å². The first kappa shape index (κ1) is 9.84. The van der Waals surface area contributed by atoms with Crippen LogP contribution < -0.4 is 5.32 Å². The quantitative estimate of drug-likeness (QED) is 0.690.